The number of aromatic nitrogens is 2. The van der Waals surface area contributed by atoms with Crippen molar-refractivity contribution < 1.29 is 8.42 Å². The highest BCUT2D eigenvalue weighted by atomic mass is 32.2. The van der Waals surface area contributed by atoms with Crippen LogP contribution in [0.1, 0.15) is 33.1 Å². The molecule has 0 aromatic carbocycles. The van der Waals surface area contributed by atoms with Gasteiger partial charge in [-0.05, 0) is 38.1 Å². The summed E-state index contributed by atoms with van der Waals surface area (Å²) in [5, 5.41) is 7.12. The van der Waals surface area contributed by atoms with E-state index in [-0.39, 0.29) is 10.9 Å². The Balaban J connectivity index is 2.02. The molecule has 1 saturated carbocycles. The van der Waals surface area contributed by atoms with Gasteiger partial charge in [-0.1, -0.05) is 13.8 Å². The maximum Gasteiger partial charge on any atom is 0.243 e. The van der Waals surface area contributed by atoms with E-state index in [1.165, 1.54) is 6.20 Å². The Bertz CT molecular complexity index is 555. The first-order valence-electron chi connectivity index (χ1n) is 7.61. The Morgan fingerprint density at radius 1 is 1.38 bits per heavy atom. The zero-order valence-corrected chi connectivity index (χ0v) is 13.9. The van der Waals surface area contributed by atoms with Crippen LogP contribution in [0.15, 0.2) is 17.3 Å². The highest BCUT2D eigenvalue weighted by Crippen LogP contribution is 2.29. The molecule has 120 valence electrons. The minimum atomic E-state index is -3.47. The number of hydrogen-bond donors (Lipinski definition) is 2. The molecule has 3 atom stereocenters. The topological polar surface area (TPSA) is 76.0 Å². The lowest BCUT2D eigenvalue weighted by Crippen LogP contribution is -2.42. The molecule has 2 N–H and O–H groups in total. The minimum Gasteiger partial charge on any atom is -0.318 e. The quantitative estimate of drug-likeness (QED) is 0.827. The molecule has 1 aromatic heterocycles. The van der Waals surface area contributed by atoms with Gasteiger partial charge in [0.2, 0.25) is 10.0 Å². The Morgan fingerprint density at radius 2 is 2.14 bits per heavy atom. The summed E-state index contributed by atoms with van der Waals surface area (Å²) in [5.41, 5.74) is 0. The Labute approximate surface area is 127 Å². The summed E-state index contributed by atoms with van der Waals surface area (Å²) in [6, 6.07) is 0.0341. The second-order valence-corrected chi connectivity index (χ2v) is 7.88. The lowest BCUT2D eigenvalue weighted by molar-refractivity contribution is 0.249. The fourth-order valence-corrected chi connectivity index (χ4v) is 4.27. The van der Waals surface area contributed by atoms with Crippen LogP contribution in [0.25, 0.3) is 0 Å². The minimum absolute atomic E-state index is 0.0341. The van der Waals surface area contributed by atoms with Crippen molar-refractivity contribution in [1.29, 1.82) is 0 Å². The van der Waals surface area contributed by atoms with Crippen molar-refractivity contribution in [3.05, 3.63) is 12.4 Å². The van der Waals surface area contributed by atoms with E-state index in [1.54, 1.807) is 10.9 Å². The predicted molar refractivity (Wildman–Crippen MR) is 82.4 cm³/mol. The van der Waals surface area contributed by atoms with E-state index in [4.69, 9.17) is 0 Å². The van der Waals surface area contributed by atoms with Gasteiger partial charge < -0.3 is 5.32 Å². The van der Waals surface area contributed by atoms with Crippen LogP contribution in [0.3, 0.4) is 0 Å². The van der Waals surface area contributed by atoms with E-state index in [0.29, 0.717) is 18.4 Å². The summed E-state index contributed by atoms with van der Waals surface area (Å²) in [5.74, 6) is 1.06. The molecule has 3 unspecified atom stereocenters. The molecule has 0 spiro atoms. The lowest BCUT2D eigenvalue weighted by Gasteiger charge is -2.32. The summed E-state index contributed by atoms with van der Waals surface area (Å²) in [6.07, 6.45) is 6.09. The van der Waals surface area contributed by atoms with E-state index in [2.05, 4.69) is 29.0 Å². The van der Waals surface area contributed by atoms with Crippen molar-refractivity contribution in [2.24, 2.45) is 11.8 Å². The van der Waals surface area contributed by atoms with Gasteiger partial charge in [0, 0.05) is 18.8 Å². The Hall–Kier alpha value is -0.920. The zero-order chi connectivity index (χ0) is 15.5. The van der Waals surface area contributed by atoms with Crippen molar-refractivity contribution >= 4 is 10.0 Å². The Morgan fingerprint density at radius 3 is 2.81 bits per heavy atom. The lowest BCUT2D eigenvalue weighted by atomic mass is 9.80. The molecule has 2 rings (SSSR count). The molecule has 6 nitrogen and oxygen atoms in total. The van der Waals surface area contributed by atoms with E-state index < -0.39 is 10.0 Å². The molecule has 1 fully saturated rings. The van der Waals surface area contributed by atoms with Gasteiger partial charge in [-0.3, -0.25) is 4.68 Å². The summed E-state index contributed by atoms with van der Waals surface area (Å²) < 4.78 is 29.4. The standard InChI is InChI=1S/C14H26N4O2S/c1-11-4-5-14(12(2)8-11)17-21(19,20)13-9-16-18(10-13)7-6-15-3/h9-12,14-15,17H,4-8H2,1-3H3. The van der Waals surface area contributed by atoms with Gasteiger partial charge in [-0.15, -0.1) is 0 Å². The van der Waals surface area contributed by atoms with Crippen molar-refractivity contribution in [1.82, 2.24) is 19.8 Å². The molecule has 0 saturated heterocycles. The Kier molecular flexibility index (Phi) is 5.40. The van der Waals surface area contributed by atoms with Gasteiger partial charge in [0.05, 0.1) is 12.7 Å². The van der Waals surface area contributed by atoms with Gasteiger partial charge in [0.15, 0.2) is 0 Å². The summed E-state index contributed by atoms with van der Waals surface area (Å²) in [4.78, 5) is 0.254. The van der Waals surface area contributed by atoms with Gasteiger partial charge in [-0.25, -0.2) is 13.1 Å². The molecule has 0 bridgehead atoms. The molecular formula is C14H26N4O2S. The molecule has 0 aliphatic heterocycles. The first-order valence-corrected chi connectivity index (χ1v) is 9.10. The highest BCUT2D eigenvalue weighted by molar-refractivity contribution is 7.89. The average Bonchev–Trinajstić information content (AvgIpc) is 2.89. The molecule has 1 aliphatic rings. The van der Waals surface area contributed by atoms with Crippen LogP contribution >= 0.6 is 0 Å². The van der Waals surface area contributed by atoms with E-state index in [9.17, 15) is 8.42 Å². The second-order valence-electron chi connectivity index (χ2n) is 6.17. The molecule has 0 amide bonds. The molecule has 1 aliphatic carbocycles. The van der Waals surface area contributed by atoms with Gasteiger partial charge in [-0.2, -0.15) is 5.10 Å². The van der Waals surface area contributed by atoms with Crippen LogP contribution in [-0.2, 0) is 16.6 Å². The molecule has 0 radical (unpaired) electrons. The molecule has 1 aromatic rings. The monoisotopic (exact) mass is 314 g/mol. The molecule has 7 heteroatoms. The number of rotatable bonds is 6. The smallest absolute Gasteiger partial charge is 0.243 e. The van der Waals surface area contributed by atoms with E-state index in [0.717, 1.165) is 25.8 Å². The predicted octanol–water partition coefficient (Wildman–Crippen LogP) is 1.21. The number of likely N-dealkylation sites (N-methyl/N-ethyl adjacent to an activating group) is 1. The van der Waals surface area contributed by atoms with Crippen LogP contribution < -0.4 is 10.0 Å². The largest absolute Gasteiger partial charge is 0.318 e. The summed E-state index contributed by atoms with van der Waals surface area (Å²) in [6.45, 7) is 5.77. The van der Waals surface area contributed by atoms with E-state index in [1.807, 2.05) is 7.05 Å². The maximum atomic E-state index is 12.4. The molecular weight excluding hydrogens is 288 g/mol. The van der Waals surface area contributed by atoms with Gasteiger partial charge in [0.25, 0.3) is 0 Å². The normalized spacial score (nSPS) is 26.9. The number of nitrogens with one attached hydrogen (secondary N) is 2. The third kappa shape index (κ3) is 4.28. The fourth-order valence-electron chi connectivity index (χ4n) is 2.94. The van der Waals surface area contributed by atoms with Crippen molar-refractivity contribution in [2.45, 2.75) is 50.6 Å². The SMILES string of the molecule is CNCCn1cc(S(=O)(=O)NC2CCC(C)CC2C)cn1. The summed E-state index contributed by atoms with van der Waals surface area (Å²) in [7, 11) is -1.61. The second kappa shape index (κ2) is 6.89. The third-order valence-electron chi connectivity index (χ3n) is 4.25. The fraction of sp³-hybridized carbons (Fsp3) is 0.786. The van der Waals surface area contributed by atoms with Crippen molar-refractivity contribution in [3.8, 4) is 0 Å². The zero-order valence-electron chi connectivity index (χ0n) is 13.0. The van der Waals surface area contributed by atoms with Crippen LogP contribution in [-0.4, -0.2) is 37.8 Å². The molecule has 21 heavy (non-hydrogen) atoms. The van der Waals surface area contributed by atoms with Crippen molar-refractivity contribution in [2.75, 3.05) is 13.6 Å². The number of sulfonamides is 1. The van der Waals surface area contributed by atoms with Crippen LogP contribution in [0, 0.1) is 11.8 Å². The van der Waals surface area contributed by atoms with Crippen molar-refractivity contribution in [3.63, 3.8) is 0 Å². The summed E-state index contributed by atoms with van der Waals surface area (Å²) >= 11 is 0. The average molecular weight is 314 g/mol. The first kappa shape index (κ1) is 16.5. The first-order chi connectivity index (χ1) is 9.92. The molecule has 1 heterocycles. The van der Waals surface area contributed by atoms with Crippen LogP contribution in [0.4, 0.5) is 0 Å². The maximum absolute atomic E-state index is 12.4. The third-order valence-corrected chi connectivity index (χ3v) is 5.69. The van der Waals surface area contributed by atoms with Crippen LogP contribution in [0.5, 0.6) is 0 Å². The van der Waals surface area contributed by atoms with E-state index >= 15 is 0 Å². The van der Waals surface area contributed by atoms with Crippen LogP contribution in [0.2, 0.25) is 0 Å². The number of hydrogen-bond acceptors (Lipinski definition) is 4. The van der Waals surface area contributed by atoms with Gasteiger partial charge >= 0.3 is 0 Å². The highest BCUT2D eigenvalue weighted by Gasteiger charge is 2.29. The van der Waals surface area contributed by atoms with Gasteiger partial charge in [0.1, 0.15) is 4.90 Å². The number of nitrogens with zero attached hydrogens (tertiary/aromatic N) is 2.